The Morgan fingerprint density at radius 1 is 1.03 bits per heavy atom. The van der Waals surface area contributed by atoms with Gasteiger partial charge in [0.25, 0.3) is 0 Å². The monoisotopic (exact) mass is 569 g/mol. The van der Waals surface area contributed by atoms with Crippen LogP contribution in [0.15, 0.2) is 42.5 Å². The van der Waals surface area contributed by atoms with Crippen molar-refractivity contribution in [3.05, 3.63) is 63.6 Å². The van der Waals surface area contributed by atoms with E-state index in [4.69, 9.17) is 23.2 Å². The summed E-state index contributed by atoms with van der Waals surface area (Å²) in [5.74, 6) is -1.14. The van der Waals surface area contributed by atoms with E-state index < -0.39 is 28.5 Å². The molecule has 0 fully saturated rings. The van der Waals surface area contributed by atoms with Crippen LogP contribution in [0, 0.1) is 0 Å². The number of amides is 2. The van der Waals surface area contributed by atoms with Gasteiger partial charge in [0, 0.05) is 18.7 Å². The lowest BCUT2D eigenvalue weighted by molar-refractivity contribution is -0.140. The molecule has 11 heteroatoms. The molecular weight excluding hydrogens is 537 g/mol. The van der Waals surface area contributed by atoms with Crippen LogP contribution in [0.1, 0.15) is 56.0 Å². The molecule has 8 nitrogen and oxygen atoms in total. The summed E-state index contributed by atoms with van der Waals surface area (Å²) in [6.45, 7) is 5.08. The Hall–Kier alpha value is -2.62. The predicted octanol–water partition coefficient (Wildman–Crippen LogP) is 4.69. The summed E-state index contributed by atoms with van der Waals surface area (Å²) in [6.07, 6.45) is 2.98. The van der Waals surface area contributed by atoms with E-state index in [-0.39, 0.29) is 23.9 Å². The van der Waals surface area contributed by atoms with Crippen molar-refractivity contribution in [2.24, 2.45) is 0 Å². The first kappa shape index (κ1) is 30.6. The van der Waals surface area contributed by atoms with E-state index in [0.29, 0.717) is 34.1 Å². The van der Waals surface area contributed by atoms with Crippen molar-refractivity contribution in [3.8, 4) is 0 Å². The molecule has 0 bridgehead atoms. The van der Waals surface area contributed by atoms with Gasteiger partial charge in [-0.15, -0.1) is 0 Å². The zero-order chi connectivity index (χ0) is 27.8. The molecule has 2 amide bonds. The highest BCUT2D eigenvalue weighted by molar-refractivity contribution is 7.92. The number of nitrogens with zero attached hydrogens (tertiary/aromatic N) is 2. The number of hydrogen-bond donors (Lipinski definition) is 1. The summed E-state index contributed by atoms with van der Waals surface area (Å²) >= 11 is 12.2. The average molecular weight is 571 g/mol. The van der Waals surface area contributed by atoms with Crippen LogP contribution in [0.3, 0.4) is 0 Å². The molecule has 1 atom stereocenters. The first-order chi connectivity index (χ1) is 17.4. The van der Waals surface area contributed by atoms with Crippen molar-refractivity contribution in [1.29, 1.82) is 0 Å². The van der Waals surface area contributed by atoms with Crippen molar-refractivity contribution in [2.45, 2.75) is 52.6 Å². The molecular formula is C26H33Cl2N3O5S. The summed E-state index contributed by atoms with van der Waals surface area (Å²) in [7, 11) is -3.91. The highest BCUT2D eigenvalue weighted by Gasteiger charge is 2.31. The van der Waals surface area contributed by atoms with Crippen LogP contribution in [-0.4, -0.2) is 56.3 Å². The lowest BCUT2D eigenvalue weighted by Crippen LogP contribution is -2.52. The number of benzene rings is 2. The summed E-state index contributed by atoms with van der Waals surface area (Å²) in [5.41, 5.74) is 1.12. The average Bonchev–Trinajstić information content (AvgIpc) is 2.84. The number of halogens is 2. The summed E-state index contributed by atoms with van der Waals surface area (Å²) in [6, 6.07) is 10.1. The van der Waals surface area contributed by atoms with E-state index in [9.17, 15) is 22.8 Å². The van der Waals surface area contributed by atoms with E-state index >= 15 is 0 Å². The van der Waals surface area contributed by atoms with E-state index in [1.54, 1.807) is 37.3 Å². The van der Waals surface area contributed by atoms with E-state index in [1.165, 1.54) is 24.0 Å². The van der Waals surface area contributed by atoms with Crippen molar-refractivity contribution >= 4 is 56.5 Å². The molecule has 1 unspecified atom stereocenters. The van der Waals surface area contributed by atoms with Crippen LogP contribution >= 0.6 is 23.2 Å². The number of carbonyl (C=O) groups is 3. The number of ketones is 1. The normalized spacial score (nSPS) is 12.1. The first-order valence-corrected chi connectivity index (χ1v) is 14.6. The van der Waals surface area contributed by atoms with Crippen LogP contribution in [-0.2, 0) is 26.2 Å². The van der Waals surface area contributed by atoms with Gasteiger partial charge in [0.15, 0.2) is 5.78 Å². The van der Waals surface area contributed by atoms with Crippen LogP contribution in [0.2, 0.25) is 10.0 Å². The number of anilines is 1. The lowest BCUT2D eigenvalue weighted by atomic mass is 10.1. The highest BCUT2D eigenvalue weighted by Crippen LogP contribution is 2.25. The van der Waals surface area contributed by atoms with Gasteiger partial charge in [-0.1, -0.05) is 61.7 Å². The fourth-order valence-electron chi connectivity index (χ4n) is 3.75. The van der Waals surface area contributed by atoms with Gasteiger partial charge in [-0.05, 0) is 49.6 Å². The molecule has 0 saturated carbocycles. The third-order valence-corrected chi connectivity index (χ3v) is 7.65. The molecule has 0 aromatic heterocycles. The number of sulfonamides is 1. The molecule has 0 aliphatic carbocycles. The molecule has 0 radical (unpaired) electrons. The number of Topliss-reactive ketones (excluding diaryl/α,β-unsaturated/α-hetero) is 1. The Bertz CT molecular complexity index is 1240. The van der Waals surface area contributed by atoms with Gasteiger partial charge >= 0.3 is 0 Å². The van der Waals surface area contributed by atoms with Crippen LogP contribution in [0.4, 0.5) is 5.69 Å². The summed E-state index contributed by atoms with van der Waals surface area (Å²) in [5, 5.41) is 3.51. The number of unbranched alkanes of at least 4 members (excludes halogenated alkanes) is 1. The van der Waals surface area contributed by atoms with E-state index in [2.05, 4.69) is 5.32 Å². The van der Waals surface area contributed by atoms with Gasteiger partial charge in [-0.25, -0.2) is 8.42 Å². The number of rotatable bonds is 13. The Balaban J connectivity index is 2.46. The Kier molecular flexibility index (Phi) is 11.4. The Morgan fingerprint density at radius 2 is 1.73 bits per heavy atom. The van der Waals surface area contributed by atoms with Crippen molar-refractivity contribution in [2.75, 3.05) is 23.7 Å². The number of hydrogen-bond acceptors (Lipinski definition) is 5. The van der Waals surface area contributed by atoms with Gasteiger partial charge in [0.2, 0.25) is 21.8 Å². The summed E-state index contributed by atoms with van der Waals surface area (Å²) < 4.78 is 26.4. The van der Waals surface area contributed by atoms with Crippen molar-refractivity contribution in [3.63, 3.8) is 0 Å². The minimum Gasteiger partial charge on any atom is -0.354 e. The molecule has 0 heterocycles. The van der Waals surface area contributed by atoms with Gasteiger partial charge in [-0.2, -0.15) is 0 Å². The fourth-order valence-corrected chi connectivity index (χ4v) is 4.92. The van der Waals surface area contributed by atoms with Crippen LogP contribution in [0.5, 0.6) is 0 Å². The van der Waals surface area contributed by atoms with Crippen LogP contribution in [0.25, 0.3) is 0 Å². The van der Waals surface area contributed by atoms with E-state index in [0.717, 1.165) is 23.4 Å². The second-order valence-electron chi connectivity index (χ2n) is 8.71. The third-order valence-electron chi connectivity index (χ3n) is 5.77. The van der Waals surface area contributed by atoms with Gasteiger partial charge in [-0.3, -0.25) is 18.7 Å². The zero-order valence-electron chi connectivity index (χ0n) is 21.5. The number of carbonyl (C=O) groups excluding carboxylic acids is 3. The lowest BCUT2D eigenvalue weighted by Gasteiger charge is -2.33. The molecule has 0 aliphatic rings. The van der Waals surface area contributed by atoms with Gasteiger partial charge in [0.1, 0.15) is 12.6 Å². The Labute approximate surface area is 229 Å². The Morgan fingerprint density at radius 3 is 2.30 bits per heavy atom. The zero-order valence-corrected chi connectivity index (χ0v) is 23.8. The standard InChI is InChI=1S/C26H33Cl2N3O5S/c1-5-7-13-29-26(34)24(6-2)30(16-19-11-12-22(27)23(28)14-19)25(33)17-31(37(4,35)36)21-10-8-9-20(15-21)18(3)32/h8-12,14-15,24H,5-7,13,16-17H2,1-4H3,(H,29,34). The quantitative estimate of drug-likeness (QED) is 0.278. The highest BCUT2D eigenvalue weighted by atomic mass is 35.5. The maximum absolute atomic E-state index is 13.7. The number of nitrogens with one attached hydrogen (secondary N) is 1. The molecule has 37 heavy (non-hydrogen) atoms. The topological polar surface area (TPSA) is 104 Å². The maximum Gasteiger partial charge on any atom is 0.244 e. The summed E-state index contributed by atoms with van der Waals surface area (Å²) in [4.78, 5) is 40.0. The second-order valence-corrected chi connectivity index (χ2v) is 11.4. The van der Waals surface area contributed by atoms with Gasteiger partial charge < -0.3 is 10.2 Å². The molecule has 2 aromatic carbocycles. The van der Waals surface area contributed by atoms with E-state index in [1.807, 2.05) is 6.92 Å². The molecule has 0 aliphatic heterocycles. The van der Waals surface area contributed by atoms with Crippen molar-refractivity contribution < 1.29 is 22.8 Å². The maximum atomic E-state index is 13.7. The molecule has 2 rings (SSSR count). The minimum absolute atomic E-state index is 0.0144. The first-order valence-electron chi connectivity index (χ1n) is 12.0. The largest absolute Gasteiger partial charge is 0.354 e. The molecule has 202 valence electrons. The second kappa shape index (κ2) is 13.8. The van der Waals surface area contributed by atoms with Crippen molar-refractivity contribution in [1.82, 2.24) is 10.2 Å². The fraction of sp³-hybridized carbons (Fsp3) is 0.423. The molecule has 2 aromatic rings. The SMILES string of the molecule is CCCCNC(=O)C(CC)N(Cc1ccc(Cl)c(Cl)c1)C(=O)CN(c1cccc(C(C)=O)c1)S(C)(=O)=O. The smallest absolute Gasteiger partial charge is 0.244 e. The molecule has 1 N–H and O–H groups in total. The molecule has 0 spiro atoms. The molecule has 0 saturated heterocycles. The van der Waals surface area contributed by atoms with Gasteiger partial charge in [0.05, 0.1) is 22.0 Å². The predicted molar refractivity (Wildman–Crippen MR) is 148 cm³/mol. The van der Waals surface area contributed by atoms with Crippen LogP contribution < -0.4 is 9.62 Å². The minimum atomic E-state index is -3.91. The third kappa shape index (κ3) is 8.72.